The lowest BCUT2D eigenvalue weighted by Gasteiger charge is -2.29. The monoisotopic (exact) mass is 417 g/mol. The third-order valence-electron chi connectivity index (χ3n) is 6.48. The highest BCUT2D eigenvalue weighted by molar-refractivity contribution is 7.89. The van der Waals surface area contributed by atoms with Gasteiger partial charge in [-0.2, -0.15) is 4.31 Å². The highest BCUT2D eigenvalue weighted by atomic mass is 32.2. The zero-order valence-electron chi connectivity index (χ0n) is 17.1. The molecule has 0 unspecified atom stereocenters. The molecule has 1 aromatic heterocycles. The highest BCUT2D eigenvalue weighted by Crippen LogP contribution is 2.26. The Morgan fingerprint density at radius 3 is 2.62 bits per heavy atom. The van der Waals surface area contributed by atoms with Crippen LogP contribution in [-0.4, -0.2) is 42.3 Å². The summed E-state index contributed by atoms with van der Waals surface area (Å²) >= 11 is 0. The molecule has 1 N–H and O–H groups in total. The van der Waals surface area contributed by atoms with E-state index in [1.54, 1.807) is 16.4 Å². The Hall–Kier alpha value is -1.86. The number of sulfonamides is 1. The highest BCUT2D eigenvalue weighted by Gasteiger charge is 2.27. The van der Waals surface area contributed by atoms with Crippen molar-refractivity contribution >= 4 is 26.8 Å². The van der Waals surface area contributed by atoms with Crippen molar-refractivity contribution in [1.29, 1.82) is 0 Å². The normalized spacial score (nSPS) is 23.5. The molecule has 1 saturated heterocycles. The van der Waals surface area contributed by atoms with Crippen molar-refractivity contribution in [2.24, 2.45) is 5.92 Å². The number of aromatic nitrogens is 1. The lowest BCUT2D eigenvalue weighted by Crippen LogP contribution is -2.41. The van der Waals surface area contributed by atoms with Crippen LogP contribution in [0.1, 0.15) is 51.9 Å². The Labute approximate surface area is 173 Å². The fourth-order valence-electron chi connectivity index (χ4n) is 4.64. The molecule has 1 aliphatic heterocycles. The summed E-state index contributed by atoms with van der Waals surface area (Å²) in [7, 11) is -3.41. The molecule has 0 bridgehead atoms. The van der Waals surface area contributed by atoms with Gasteiger partial charge in [-0.05, 0) is 55.9 Å². The molecule has 1 aromatic carbocycles. The first kappa shape index (κ1) is 20.4. The minimum Gasteiger partial charge on any atom is -0.353 e. The number of hydrogen-bond acceptors (Lipinski definition) is 3. The average Bonchev–Trinajstić information content (AvgIpc) is 3.38. The summed E-state index contributed by atoms with van der Waals surface area (Å²) < 4.78 is 29.2. The second kappa shape index (κ2) is 8.48. The smallest absolute Gasteiger partial charge is 0.243 e. The van der Waals surface area contributed by atoms with Crippen LogP contribution in [0.5, 0.6) is 0 Å². The zero-order chi connectivity index (χ0) is 20.4. The standard InChI is InChI=1S/C22H31N3O3S/c1-17-6-2-3-7-20(17)23-22(26)11-15-24-14-10-18-16-19(8-9-21(18)24)29(27,28)25-12-4-5-13-25/h8-10,14,16-17,20H,2-7,11-13,15H2,1H3,(H,23,26)/t17-,20+/m0/s1. The fraction of sp³-hybridized carbons (Fsp3) is 0.591. The van der Waals surface area contributed by atoms with Gasteiger partial charge in [-0.15, -0.1) is 0 Å². The molecule has 0 radical (unpaired) electrons. The predicted octanol–water partition coefficient (Wildman–Crippen LogP) is 3.51. The number of nitrogens with zero attached hydrogens (tertiary/aromatic N) is 2. The largest absolute Gasteiger partial charge is 0.353 e. The molecular formula is C22H31N3O3S. The Morgan fingerprint density at radius 2 is 1.86 bits per heavy atom. The summed E-state index contributed by atoms with van der Waals surface area (Å²) in [5.74, 6) is 0.648. The van der Waals surface area contributed by atoms with E-state index in [2.05, 4.69) is 12.2 Å². The van der Waals surface area contributed by atoms with Gasteiger partial charge in [0.05, 0.1) is 4.90 Å². The topological polar surface area (TPSA) is 71.4 Å². The van der Waals surface area contributed by atoms with Gasteiger partial charge in [0.2, 0.25) is 15.9 Å². The molecule has 7 heteroatoms. The van der Waals surface area contributed by atoms with Crippen LogP contribution < -0.4 is 5.32 Å². The molecule has 29 heavy (non-hydrogen) atoms. The van der Waals surface area contributed by atoms with Gasteiger partial charge in [0.1, 0.15) is 0 Å². The van der Waals surface area contributed by atoms with E-state index in [0.717, 1.165) is 30.2 Å². The van der Waals surface area contributed by atoms with E-state index in [-0.39, 0.29) is 5.91 Å². The van der Waals surface area contributed by atoms with Gasteiger partial charge in [0.15, 0.2) is 0 Å². The lowest BCUT2D eigenvalue weighted by molar-refractivity contribution is -0.122. The molecule has 6 nitrogen and oxygen atoms in total. The van der Waals surface area contributed by atoms with Crippen molar-refractivity contribution in [2.75, 3.05) is 13.1 Å². The Morgan fingerprint density at radius 1 is 1.10 bits per heavy atom. The first-order chi connectivity index (χ1) is 13.9. The van der Waals surface area contributed by atoms with Gasteiger partial charge in [0.25, 0.3) is 0 Å². The maximum absolute atomic E-state index is 12.8. The van der Waals surface area contributed by atoms with Gasteiger partial charge < -0.3 is 9.88 Å². The Kier molecular flexibility index (Phi) is 5.97. The van der Waals surface area contributed by atoms with Crippen LogP contribution in [0.4, 0.5) is 0 Å². The van der Waals surface area contributed by atoms with Gasteiger partial charge in [-0.25, -0.2) is 8.42 Å². The van der Waals surface area contributed by atoms with E-state index in [1.165, 1.54) is 19.3 Å². The molecule has 1 saturated carbocycles. The molecule has 2 fully saturated rings. The molecule has 4 rings (SSSR count). The number of carbonyl (C=O) groups is 1. The minimum atomic E-state index is -3.41. The van der Waals surface area contributed by atoms with Crippen LogP contribution in [0.25, 0.3) is 10.9 Å². The van der Waals surface area contributed by atoms with Crippen molar-refractivity contribution < 1.29 is 13.2 Å². The first-order valence-electron chi connectivity index (χ1n) is 10.8. The van der Waals surface area contributed by atoms with Crippen LogP contribution in [-0.2, 0) is 21.4 Å². The summed E-state index contributed by atoms with van der Waals surface area (Å²) in [5.41, 5.74) is 0.962. The first-order valence-corrected chi connectivity index (χ1v) is 12.3. The summed E-state index contributed by atoms with van der Waals surface area (Å²) in [4.78, 5) is 12.8. The van der Waals surface area contributed by atoms with Crippen LogP contribution in [0.2, 0.25) is 0 Å². The summed E-state index contributed by atoms with van der Waals surface area (Å²) in [6, 6.07) is 7.54. The minimum absolute atomic E-state index is 0.0961. The van der Waals surface area contributed by atoms with E-state index in [0.29, 0.717) is 42.9 Å². The lowest BCUT2D eigenvalue weighted by atomic mass is 9.86. The third-order valence-corrected chi connectivity index (χ3v) is 8.38. The van der Waals surface area contributed by atoms with Crippen LogP contribution in [0, 0.1) is 5.92 Å². The van der Waals surface area contributed by atoms with Crippen LogP contribution >= 0.6 is 0 Å². The number of benzene rings is 1. The number of fused-ring (bicyclic) bond motifs is 1. The maximum atomic E-state index is 12.8. The SMILES string of the molecule is C[C@H]1CCCC[C@H]1NC(=O)CCn1ccc2cc(S(=O)(=O)N3CCCC3)ccc21. The molecule has 2 aliphatic rings. The second-order valence-corrected chi connectivity index (χ2v) is 10.5. The van der Waals surface area contributed by atoms with Gasteiger partial charge in [0, 0.05) is 49.2 Å². The number of hydrogen-bond donors (Lipinski definition) is 1. The van der Waals surface area contributed by atoms with Crippen molar-refractivity contribution in [2.45, 2.75) is 69.4 Å². The number of amides is 1. The van der Waals surface area contributed by atoms with Gasteiger partial charge >= 0.3 is 0 Å². The number of rotatable bonds is 6. The quantitative estimate of drug-likeness (QED) is 0.782. The molecule has 158 valence electrons. The van der Waals surface area contributed by atoms with E-state index in [4.69, 9.17) is 0 Å². The summed E-state index contributed by atoms with van der Waals surface area (Å²) in [5, 5.41) is 4.10. The van der Waals surface area contributed by atoms with E-state index in [1.807, 2.05) is 22.9 Å². The zero-order valence-corrected chi connectivity index (χ0v) is 18.0. The number of carbonyl (C=O) groups excluding carboxylic acids is 1. The van der Waals surface area contributed by atoms with E-state index < -0.39 is 10.0 Å². The van der Waals surface area contributed by atoms with Crippen LogP contribution in [0.3, 0.4) is 0 Å². The molecular weight excluding hydrogens is 386 g/mol. The summed E-state index contributed by atoms with van der Waals surface area (Å²) in [6.07, 6.45) is 8.95. The van der Waals surface area contributed by atoms with Crippen molar-refractivity contribution in [3.05, 3.63) is 30.5 Å². The van der Waals surface area contributed by atoms with Gasteiger partial charge in [-0.3, -0.25) is 4.79 Å². The molecule has 1 amide bonds. The summed E-state index contributed by atoms with van der Waals surface area (Å²) in [6.45, 7) is 4.03. The Balaban J connectivity index is 1.42. The predicted molar refractivity (Wildman–Crippen MR) is 114 cm³/mol. The number of nitrogens with one attached hydrogen (secondary N) is 1. The fourth-order valence-corrected chi connectivity index (χ4v) is 6.20. The maximum Gasteiger partial charge on any atom is 0.243 e. The second-order valence-electron chi connectivity index (χ2n) is 8.53. The molecule has 0 spiro atoms. The molecule has 1 aliphatic carbocycles. The van der Waals surface area contributed by atoms with Crippen LogP contribution in [0.15, 0.2) is 35.4 Å². The van der Waals surface area contributed by atoms with E-state index >= 15 is 0 Å². The van der Waals surface area contributed by atoms with Crippen molar-refractivity contribution in [3.8, 4) is 0 Å². The van der Waals surface area contributed by atoms with Crippen molar-refractivity contribution in [3.63, 3.8) is 0 Å². The van der Waals surface area contributed by atoms with Crippen molar-refractivity contribution in [1.82, 2.24) is 14.2 Å². The molecule has 2 heterocycles. The number of aryl methyl sites for hydroxylation is 1. The van der Waals surface area contributed by atoms with Gasteiger partial charge in [-0.1, -0.05) is 19.8 Å². The average molecular weight is 418 g/mol. The third kappa shape index (κ3) is 4.36. The molecule has 2 atom stereocenters. The Bertz CT molecular complexity index is 976. The molecule has 2 aromatic rings. The van der Waals surface area contributed by atoms with E-state index in [9.17, 15) is 13.2 Å².